The molecule has 9 nitrogen and oxygen atoms in total. The van der Waals surface area contributed by atoms with Gasteiger partial charge in [-0.15, -0.1) is 0 Å². The summed E-state index contributed by atoms with van der Waals surface area (Å²) in [6, 6.07) is 13.4. The van der Waals surface area contributed by atoms with Gasteiger partial charge in [0.05, 0.1) is 41.2 Å². The summed E-state index contributed by atoms with van der Waals surface area (Å²) in [5.74, 6) is -0.247. The number of aromatic hydroxyl groups is 1. The molecular formula is C32H33ClFN7O2. The molecule has 0 radical (unpaired) electrons. The number of nitrogens with one attached hydrogen (secondary N) is 1. The maximum absolute atomic E-state index is 14.7. The van der Waals surface area contributed by atoms with Crippen molar-refractivity contribution < 1.29 is 14.2 Å². The Labute approximate surface area is 254 Å². The number of benzene rings is 2. The van der Waals surface area contributed by atoms with Gasteiger partial charge in [-0.3, -0.25) is 4.90 Å². The van der Waals surface area contributed by atoms with E-state index in [1.807, 2.05) is 35.8 Å². The van der Waals surface area contributed by atoms with E-state index in [0.717, 1.165) is 71.9 Å². The molecule has 2 unspecified atom stereocenters. The molecular weight excluding hydrogens is 569 g/mol. The van der Waals surface area contributed by atoms with Crippen LogP contribution in [0.4, 0.5) is 15.8 Å². The Kier molecular flexibility index (Phi) is 7.86. The van der Waals surface area contributed by atoms with E-state index < -0.39 is 5.82 Å². The van der Waals surface area contributed by atoms with Gasteiger partial charge < -0.3 is 20.9 Å². The van der Waals surface area contributed by atoms with Crippen molar-refractivity contribution in [3.8, 4) is 28.7 Å². The second-order valence-corrected chi connectivity index (χ2v) is 11.7. The molecule has 222 valence electrons. The molecule has 2 bridgehead atoms. The van der Waals surface area contributed by atoms with E-state index in [4.69, 9.17) is 27.3 Å². The minimum Gasteiger partial charge on any atom is -0.508 e. The topological polar surface area (TPSA) is 124 Å². The van der Waals surface area contributed by atoms with Crippen molar-refractivity contribution in [2.45, 2.75) is 57.2 Å². The average Bonchev–Trinajstić information content (AvgIpc) is 3.51. The molecule has 0 aliphatic carbocycles. The molecule has 2 aromatic carbocycles. The number of nitrogens with zero attached hydrogens (tertiary/aromatic N) is 5. The normalized spacial score (nSPS) is 20.3. The number of piperidine rings is 1. The third-order valence-corrected chi connectivity index (χ3v) is 8.89. The first-order valence-corrected chi connectivity index (χ1v) is 14.7. The molecule has 2 fully saturated rings. The Morgan fingerprint density at radius 2 is 2.02 bits per heavy atom. The minimum atomic E-state index is -0.780. The number of hydrogen-bond donors (Lipinski definition) is 3. The van der Waals surface area contributed by atoms with Gasteiger partial charge in [-0.25, -0.2) is 13.9 Å². The summed E-state index contributed by atoms with van der Waals surface area (Å²) in [5.41, 5.74) is 11.5. The van der Waals surface area contributed by atoms with Gasteiger partial charge in [0.15, 0.2) is 5.82 Å². The van der Waals surface area contributed by atoms with Gasteiger partial charge in [-0.05, 0) is 61.9 Å². The lowest BCUT2D eigenvalue weighted by atomic mass is 9.96. The van der Waals surface area contributed by atoms with E-state index in [1.54, 1.807) is 13.3 Å². The number of phenols is 1. The van der Waals surface area contributed by atoms with E-state index in [9.17, 15) is 9.50 Å². The standard InChI is InChI=1S/C32H33ClFN7O2/c1-18-10-24(43-2)6-7-25(18)19-11-29-30(38-20-12-21-4-5-22(13-20)40(21)9-3-8-35)26(16-37-41(29)17-19)32(36)39-31-27(33)14-23(42)15-28(31)34/h6-7,10-11,14-17,20-22,38,42H,3-5,9,12-13H2,1-2H3,(H2,36,39). The smallest absolute Gasteiger partial charge is 0.154 e. The first-order valence-electron chi connectivity index (χ1n) is 14.3. The van der Waals surface area contributed by atoms with Gasteiger partial charge in [-0.1, -0.05) is 17.7 Å². The predicted octanol–water partition coefficient (Wildman–Crippen LogP) is 6.17. The van der Waals surface area contributed by atoms with Crippen molar-refractivity contribution in [1.82, 2.24) is 14.5 Å². The summed E-state index contributed by atoms with van der Waals surface area (Å²) in [6.07, 6.45) is 8.20. The maximum Gasteiger partial charge on any atom is 0.154 e. The number of nitriles is 1. The van der Waals surface area contributed by atoms with Crippen LogP contribution in [0.5, 0.6) is 11.5 Å². The van der Waals surface area contributed by atoms with Crippen LogP contribution in [0.25, 0.3) is 16.6 Å². The number of ether oxygens (including phenoxy) is 1. The first-order chi connectivity index (χ1) is 20.7. The number of aromatic nitrogens is 2. The highest BCUT2D eigenvalue weighted by Gasteiger charge is 2.40. The van der Waals surface area contributed by atoms with Gasteiger partial charge in [0.25, 0.3) is 0 Å². The zero-order valence-electron chi connectivity index (χ0n) is 24.0. The molecule has 4 aromatic rings. The monoisotopic (exact) mass is 601 g/mol. The average molecular weight is 602 g/mol. The summed E-state index contributed by atoms with van der Waals surface area (Å²) in [4.78, 5) is 6.83. The number of fused-ring (bicyclic) bond motifs is 3. The summed E-state index contributed by atoms with van der Waals surface area (Å²) in [6.45, 7) is 2.83. The highest BCUT2D eigenvalue weighted by molar-refractivity contribution is 6.33. The van der Waals surface area contributed by atoms with Crippen molar-refractivity contribution in [2.24, 2.45) is 10.7 Å². The van der Waals surface area contributed by atoms with Gasteiger partial charge in [0, 0.05) is 55.0 Å². The summed E-state index contributed by atoms with van der Waals surface area (Å²) in [7, 11) is 1.65. The van der Waals surface area contributed by atoms with Crippen LogP contribution in [0.15, 0.2) is 53.8 Å². The number of anilines is 1. The van der Waals surface area contributed by atoms with Crippen molar-refractivity contribution >= 4 is 34.3 Å². The van der Waals surface area contributed by atoms with E-state index >= 15 is 0 Å². The van der Waals surface area contributed by atoms with Gasteiger partial charge in [0.2, 0.25) is 0 Å². The maximum atomic E-state index is 14.7. The van der Waals surface area contributed by atoms with Crippen LogP contribution >= 0.6 is 11.6 Å². The van der Waals surface area contributed by atoms with E-state index in [1.165, 1.54) is 6.07 Å². The second-order valence-electron chi connectivity index (χ2n) is 11.3. The quantitative estimate of drug-likeness (QED) is 0.163. The summed E-state index contributed by atoms with van der Waals surface area (Å²) < 4.78 is 21.9. The Balaban J connectivity index is 1.42. The molecule has 6 rings (SSSR count). The third kappa shape index (κ3) is 5.58. The van der Waals surface area contributed by atoms with E-state index in [2.05, 4.69) is 32.4 Å². The van der Waals surface area contributed by atoms with Crippen LogP contribution < -0.4 is 15.8 Å². The van der Waals surface area contributed by atoms with E-state index in [0.29, 0.717) is 24.1 Å². The molecule has 2 aliphatic heterocycles. The number of hydrogen-bond acceptors (Lipinski definition) is 7. The van der Waals surface area contributed by atoms with Gasteiger partial charge in [-0.2, -0.15) is 10.4 Å². The van der Waals surface area contributed by atoms with Crippen LogP contribution in [0.3, 0.4) is 0 Å². The van der Waals surface area contributed by atoms with Crippen molar-refractivity contribution in [2.75, 3.05) is 19.0 Å². The number of nitrogens with two attached hydrogens (primary N) is 1. The van der Waals surface area contributed by atoms with Crippen LogP contribution in [0.2, 0.25) is 5.02 Å². The number of amidine groups is 1. The van der Waals surface area contributed by atoms with Crippen LogP contribution in [0.1, 0.15) is 43.2 Å². The molecule has 4 N–H and O–H groups in total. The number of phenolic OH excluding ortho intramolecular Hbond substituents is 1. The Bertz CT molecular complexity index is 1730. The number of aryl methyl sites for hydroxylation is 1. The Hall–Kier alpha value is -4.33. The molecule has 43 heavy (non-hydrogen) atoms. The first kappa shape index (κ1) is 28.8. The van der Waals surface area contributed by atoms with Crippen molar-refractivity contribution in [3.05, 3.63) is 70.8 Å². The van der Waals surface area contributed by atoms with E-state index in [-0.39, 0.29) is 28.3 Å². The SMILES string of the molecule is COc1ccc(-c2cc3c(NC4CC5CCC(C4)N5CCC#N)c(C(N)=Nc4c(F)cc(O)cc4Cl)cnn3c2)c(C)c1. The largest absolute Gasteiger partial charge is 0.508 e. The molecule has 0 amide bonds. The van der Waals surface area contributed by atoms with Crippen LogP contribution in [0, 0.1) is 24.1 Å². The van der Waals surface area contributed by atoms with Gasteiger partial charge >= 0.3 is 0 Å². The van der Waals surface area contributed by atoms with Gasteiger partial charge in [0.1, 0.15) is 23.0 Å². The summed E-state index contributed by atoms with van der Waals surface area (Å²) >= 11 is 6.22. The number of rotatable bonds is 8. The predicted molar refractivity (Wildman–Crippen MR) is 166 cm³/mol. The number of methoxy groups -OCH3 is 1. The molecule has 0 spiro atoms. The lowest BCUT2D eigenvalue weighted by Crippen LogP contribution is -2.47. The van der Waals surface area contributed by atoms with Crippen LogP contribution in [-0.2, 0) is 0 Å². The highest BCUT2D eigenvalue weighted by Crippen LogP contribution is 2.39. The lowest BCUT2D eigenvalue weighted by molar-refractivity contribution is 0.136. The third-order valence-electron chi connectivity index (χ3n) is 8.61. The molecule has 2 atom stereocenters. The number of aliphatic imine (C=N–C) groups is 1. The Morgan fingerprint density at radius 1 is 1.26 bits per heavy atom. The molecule has 2 aromatic heterocycles. The highest BCUT2D eigenvalue weighted by atomic mass is 35.5. The second kappa shape index (κ2) is 11.7. The fourth-order valence-electron chi connectivity index (χ4n) is 6.62. The Morgan fingerprint density at radius 3 is 2.70 bits per heavy atom. The fourth-order valence-corrected chi connectivity index (χ4v) is 6.86. The minimum absolute atomic E-state index is 0.0433. The molecule has 4 heterocycles. The molecule has 0 saturated carbocycles. The zero-order chi connectivity index (χ0) is 30.2. The fraction of sp³-hybridized carbons (Fsp3) is 0.344. The number of halogens is 2. The van der Waals surface area contributed by atoms with Crippen molar-refractivity contribution in [3.63, 3.8) is 0 Å². The molecule has 2 aliphatic rings. The molecule has 2 saturated heterocycles. The summed E-state index contributed by atoms with van der Waals surface area (Å²) in [5, 5.41) is 27.2. The van der Waals surface area contributed by atoms with Crippen molar-refractivity contribution in [1.29, 1.82) is 5.26 Å². The zero-order valence-corrected chi connectivity index (χ0v) is 24.8. The van der Waals surface area contributed by atoms with Crippen LogP contribution in [-0.4, -0.2) is 57.2 Å². The lowest BCUT2D eigenvalue weighted by Gasteiger charge is -2.39. The molecule has 11 heteroatoms.